The van der Waals surface area contributed by atoms with Crippen LogP contribution in [0.2, 0.25) is 0 Å². The molecule has 0 spiro atoms. The maximum Gasteiger partial charge on any atom is 0.223 e. The molecule has 0 bridgehead atoms. The lowest BCUT2D eigenvalue weighted by Crippen LogP contribution is -2.43. The minimum atomic E-state index is -0.0365. The van der Waals surface area contributed by atoms with Crippen LogP contribution >= 0.6 is 0 Å². The number of rotatable bonds is 8. The Morgan fingerprint density at radius 2 is 1.64 bits per heavy atom. The normalized spacial score (nSPS) is 15.8. The Morgan fingerprint density at radius 1 is 1.04 bits per heavy atom. The monoisotopic (exact) mass is 382 g/mol. The predicted molar refractivity (Wildman–Crippen MR) is 111 cm³/mol. The first-order chi connectivity index (χ1) is 13.6. The first-order valence-corrected chi connectivity index (χ1v) is 9.95. The molecule has 1 heterocycles. The summed E-state index contributed by atoms with van der Waals surface area (Å²) in [5.41, 5.74) is 3.53. The summed E-state index contributed by atoms with van der Waals surface area (Å²) in [5.74, 6) is 0.799. The molecule has 0 aromatic heterocycles. The number of ether oxygens (including phenoxy) is 2. The Balaban J connectivity index is 1.55. The molecule has 1 aliphatic heterocycles. The molecule has 2 aromatic carbocycles. The Kier molecular flexibility index (Phi) is 7.46. The van der Waals surface area contributed by atoms with Gasteiger partial charge >= 0.3 is 0 Å². The van der Waals surface area contributed by atoms with Gasteiger partial charge in [0.25, 0.3) is 0 Å². The molecular formula is C23H30N2O3. The minimum absolute atomic E-state index is 0.00551. The molecule has 0 aliphatic carbocycles. The van der Waals surface area contributed by atoms with Crippen LogP contribution in [-0.2, 0) is 9.53 Å². The molecule has 5 heteroatoms. The zero-order chi connectivity index (χ0) is 19.8. The van der Waals surface area contributed by atoms with E-state index in [0.29, 0.717) is 13.0 Å². The molecule has 1 saturated heterocycles. The van der Waals surface area contributed by atoms with Gasteiger partial charge in [-0.3, -0.25) is 9.69 Å². The number of carbonyl (C=O) groups excluding carboxylic acids is 1. The largest absolute Gasteiger partial charge is 0.493 e. The van der Waals surface area contributed by atoms with Gasteiger partial charge in [-0.15, -0.1) is 0 Å². The summed E-state index contributed by atoms with van der Waals surface area (Å²) in [4.78, 5) is 14.9. The van der Waals surface area contributed by atoms with Gasteiger partial charge in [-0.1, -0.05) is 47.5 Å². The van der Waals surface area contributed by atoms with Gasteiger partial charge < -0.3 is 14.8 Å². The van der Waals surface area contributed by atoms with E-state index in [4.69, 9.17) is 9.47 Å². The van der Waals surface area contributed by atoms with Crippen LogP contribution in [-0.4, -0.2) is 50.3 Å². The van der Waals surface area contributed by atoms with Crippen molar-refractivity contribution in [2.24, 2.45) is 0 Å². The topological polar surface area (TPSA) is 50.8 Å². The molecular weight excluding hydrogens is 352 g/mol. The van der Waals surface area contributed by atoms with E-state index in [9.17, 15) is 4.79 Å². The third-order valence-corrected chi connectivity index (χ3v) is 4.98. The molecule has 1 amide bonds. The predicted octanol–water partition coefficient (Wildman–Crippen LogP) is 3.26. The van der Waals surface area contributed by atoms with E-state index >= 15 is 0 Å². The standard InChI is InChI=1S/C23H30N2O3/c1-18-3-7-20(8-4-18)22(17-25-12-15-27-16-13-25)24-23(26)11-14-28-21-9-5-19(2)6-10-21/h3-10,22H,11-17H2,1-2H3,(H,24,26)/t22-/m0/s1. The number of carbonyl (C=O) groups is 1. The summed E-state index contributed by atoms with van der Waals surface area (Å²) in [7, 11) is 0. The summed E-state index contributed by atoms with van der Waals surface area (Å²) in [6.45, 7) is 8.56. The number of hydrogen-bond acceptors (Lipinski definition) is 4. The highest BCUT2D eigenvalue weighted by Gasteiger charge is 2.20. The Bertz CT molecular complexity index is 737. The molecule has 0 radical (unpaired) electrons. The lowest BCUT2D eigenvalue weighted by atomic mass is 10.0. The summed E-state index contributed by atoms with van der Waals surface area (Å²) >= 11 is 0. The van der Waals surface area contributed by atoms with Crippen LogP contribution in [0, 0.1) is 13.8 Å². The minimum Gasteiger partial charge on any atom is -0.493 e. The van der Waals surface area contributed by atoms with Crippen LogP contribution in [0.5, 0.6) is 5.75 Å². The van der Waals surface area contributed by atoms with E-state index < -0.39 is 0 Å². The number of morpholine rings is 1. The molecule has 0 saturated carbocycles. The van der Waals surface area contributed by atoms with Crippen molar-refractivity contribution in [1.82, 2.24) is 10.2 Å². The molecule has 28 heavy (non-hydrogen) atoms. The van der Waals surface area contributed by atoms with Crippen LogP contribution in [0.1, 0.15) is 29.2 Å². The Hall–Kier alpha value is -2.37. The second-order valence-corrected chi connectivity index (χ2v) is 7.36. The van der Waals surface area contributed by atoms with E-state index in [1.807, 2.05) is 31.2 Å². The first kappa shape index (κ1) is 20.4. The van der Waals surface area contributed by atoms with Crippen molar-refractivity contribution in [3.8, 4) is 5.75 Å². The third kappa shape index (κ3) is 6.36. The average molecular weight is 383 g/mol. The number of amides is 1. The van der Waals surface area contributed by atoms with Gasteiger partial charge in [0.1, 0.15) is 5.75 Å². The van der Waals surface area contributed by atoms with Gasteiger partial charge in [0.15, 0.2) is 0 Å². The molecule has 5 nitrogen and oxygen atoms in total. The van der Waals surface area contributed by atoms with Gasteiger partial charge in [-0.2, -0.15) is 0 Å². The SMILES string of the molecule is Cc1ccc(OCCC(=O)N[C@@H](CN2CCOCC2)c2ccc(C)cc2)cc1. The quantitative estimate of drug-likeness (QED) is 0.761. The third-order valence-electron chi connectivity index (χ3n) is 4.98. The van der Waals surface area contributed by atoms with Crippen molar-refractivity contribution in [2.45, 2.75) is 26.3 Å². The van der Waals surface area contributed by atoms with Gasteiger partial charge in [-0.25, -0.2) is 0 Å². The molecule has 1 aliphatic rings. The fourth-order valence-corrected chi connectivity index (χ4v) is 3.24. The lowest BCUT2D eigenvalue weighted by molar-refractivity contribution is -0.122. The molecule has 1 fully saturated rings. The van der Waals surface area contributed by atoms with E-state index in [2.05, 4.69) is 41.4 Å². The second-order valence-electron chi connectivity index (χ2n) is 7.36. The van der Waals surface area contributed by atoms with Crippen LogP contribution in [0.25, 0.3) is 0 Å². The Morgan fingerprint density at radius 3 is 2.29 bits per heavy atom. The molecule has 150 valence electrons. The van der Waals surface area contributed by atoms with Crippen molar-refractivity contribution in [1.29, 1.82) is 0 Å². The van der Waals surface area contributed by atoms with Crippen molar-refractivity contribution in [2.75, 3.05) is 39.5 Å². The van der Waals surface area contributed by atoms with Crippen LogP contribution < -0.4 is 10.1 Å². The molecule has 2 aromatic rings. The van der Waals surface area contributed by atoms with Crippen LogP contribution in [0.3, 0.4) is 0 Å². The molecule has 0 unspecified atom stereocenters. The van der Waals surface area contributed by atoms with Crippen molar-refractivity contribution >= 4 is 5.91 Å². The van der Waals surface area contributed by atoms with Gasteiger partial charge in [0.2, 0.25) is 5.91 Å². The van der Waals surface area contributed by atoms with E-state index in [1.165, 1.54) is 11.1 Å². The molecule has 3 rings (SSSR count). The maximum atomic E-state index is 12.5. The Labute approximate surface area is 167 Å². The van der Waals surface area contributed by atoms with E-state index in [-0.39, 0.29) is 11.9 Å². The highest BCUT2D eigenvalue weighted by Crippen LogP contribution is 2.17. The first-order valence-electron chi connectivity index (χ1n) is 9.95. The van der Waals surface area contributed by atoms with Crippen LogP contribution in [0.15, 0.2) is 48.5 Å². The number of benzene rings is 2. The zero-order valence-corrected chi connectivity index (χ0v) is 16.8. The van der Waals surface area contributed by atoms with E-state index in [1.54, 1.807) is 0 Å². The van der Waals surface area contributed by atoms with Crippen molar-refractivity contribution in [3.05, 3.63) is 65.2 Å². The molecule has 1 atom stereocenters. The lowest BCUT2D eigenvalue weighted by Gasteiger charge is -2.31. The second kappa shape index (κ2) is 10.2. The van der Waals surface area contributed by atoms with Crippen LogP contribution in [0.4, 0.5) is 0 Å². The summed E-state index contributed by atoms with van der Waals surface area (Å²) < 4.78 is 11.1. The summed E-state index contributed by atoms with van der Waals surface area (Å²) in [5, 5.41) is 3.19. The average Bonchev–Trinajstić information content (AvgIpc) is 2.70. The zero-order valence-electron chi connectivity index (χ0n) is 16.8. The smallest absolute Gasteiger partial charge is 0.223 e. The highest BCUT2D eigenvalue weighted by atomic mass is 16.5. The van der Waals surface area contributed by atoms with Gasteiger partial charge in [-0.05, 0) is 31.5 Å². The number of nitrogens with zero attached hydrogens (tertiary/aromatic N) is 1. The fourth-order valence-electron chi connectivity index (χ4n) is 3.24. The fraction of sp³-hybridized carbons (Fsp3) is 0.435. The summed E-state index contributed by atoms with van der Waals surface area (Å²) in [6.07, 6.45) is 0.333. The maximum absolute atomic E-state index is 12.5. The van der Waals surface area contributed by atoms with Gasteiger partial charge in [0.05, 0.1) is 32.3 Å². The number of aryl methyl sites for hydroxylation is 2. The van der Waals surface area contributed by atoms with Crippen molar-refractivity contribution < 1.29 is 14.3 Å². The highest BCUT2D eigenvalue weighted by molar-refractivity contribution is 5.76. The number of hydrogen-bond donors (Lipinski definition) is 1. The molecule has 1 N–H and O–H groups in total. The summed E-state index contributed by atoms with van der Waals surface area (Å²) in [6, 6.07) is 16.2. The van der Waals surface area contributed by atoms with Gasteiger partial charge in [0, 0.05) is 19.6 Å². The van der Waals surface area contributed by atoms with Crippen molar-refractivity contribution in [3.63, 3.8) is 0 Å². The van der Waals surface area contributed by atoms with E-state index in [0.717, 1.165) is 44.2 Å². The number of nitrogens with one attached hydrogen (secondary N) is 1.